The highest BCUT2D eigenvalue weighted by molar-refractivity contribution is 6.50. The van der Waals surface area contributed by atoms with E-state index in [2.05, 4.69) is 0 Å². The molecule has 0 bridgehead atoms. The highest BCUT2D eigenvalue weighted by Crippen LogP contribution is 2.18. The highest BCUT2D eigenvalue weighted by Gasteiger charge is 2.03. The van der Waals surface area contributed by atoms with Crippen LogP contribution < -0.4 is 10.2 Å². The molecular weight excluding hydrogens is 175 g/mol. The Kier molecular flexibility index (Phi) is 2.42. The summed E-state index contributed by atoms with van der Waals surface area (Å²) in [6.45, 7) is 0. The van der Waals surface area contributed by atoms with Gasteiger partial charge < -0.3 is 9.76 Å². The second kappa shape index (κ2) is 3.72. The number of fused-ring (bicyclic) bond motifs is 1. The van der Waals surface area contributed by atoms with E-state index in [9.17, 15) is 0 Å². The molecule has 2 aromatic carbocycles. The number of hydrogen-bond donors (Lipinski definition) is 1. The van der Waals surface area contributed by atoms with E-state index >= 15 is 0 Å². The summed E-state index contributed by atoms with van der Waals surface area (Å²) in [6, 6.07) is 11.6. The average Bonchev–Trinajstić information content (AvgIpc) is 2.27. The van der Waals surface area contributed by atoms with Crippen LogP contribution >= 0.6 is 0 Å². The molecule has 0 heterocycles. The zero-order valence-electron chi connectivity index (χ0n) is 7.90. The maximum atomic E-state index is 9.08. The van der Waals surface area contributed by atoms with Gasteiger partial charge >= 0.3 is 7.48 Å². The Labute approximate surface area is 83.4 Å². The van der Waals surface area contributed by atoms with Gasteiger partial charge in [0.05, 0.1) is 7.11 Å². The molecule has 14 heavy (non-hydrogen) atoms. The van der Waals surface area contributed by atoms with Gasteiger partial charge in [0.1, 0.15) is 5.75 Å². The first kappa shape index (κ1) is 9.09. The third kappa shape index (κ3) is 1.47. The van der Waals surface area contributed by atoms with Crippen molar-refractivity contribution in [3.63, 3.8) is 0 Å². The second-order valence-corrected chi connectivity index (χ2v) is 3.07. The molecule has 0 saturated heterocycles. The summed E-state index contributed by atoms with van der Waals surface area (Å²) in [5.41, 5.74) is 0.778. The minimum atomic E-state index is 0.754. The summed E-state index contributed by atoms with van der Waals surface area (Å²) in [4.78, 5) is 0. The maximum Gasteiger partial charge on any atom is 0.327 e. The van der Waals surface area contributed by atoms with E-state index < -0.39 is 0 Å². The van der Waals surface area contributed by atoms with E-state index in [1.54, 1.807) is 7.11 Å². The summed E-state index contributed by atoms with van der Waals surface area (Å²) < 4.78 is 5.13. The minimum Gasteiger partial charge on any atom is -0.497 e. The van der Waals surface area contributed by atoms with Gasteiger partial charge in [-0.1, -0.05) is 24.3 Å². The quantitative estimate of drug-likeness (QED) is 0.709. The van der Waals surface area contributed by atoms with Crippen molar-refractivity contribution in [2.75, 3.05) is 7.11 Å². The fourth-order valence-electron chi connectivity index (χ4n) is 1.54. The molecule has 0 aliphatic heterocycles. The van der Waals surface area contributed by atoms with Gasteiger partial charge in [-0.15, -0.1) is 0 Å². The minimum absolute atomic E-state index is 0.754. The lowest BCUT2D eigenvalue weighted by molar-refractivity contribution is 0.415. The predicted molar refractivity (Wildman–Crippen MR) is 58.1 cm³/mol. The predicted octanol–water partition coefficient (Wildman–Crippen LogP) is 1.09. The molecular formula is C11H10BO2. The van der Waals surface area contributed by atoms with E-state index in [1.165, 1.54) is 0 Å². The lowest BCUT2D eigenvalue weighted by Gasteiger charge is -2.06. The summed E-state index contributed by atoms with van der Waals surface area (Å²) in [6.07, 6.45) is 0. The molecule has 0 aliphatic carbocycles. The molecule has 0 spiro atoms. The van der Waals surface area contributed by atoms with E-state index in [4.69, 9.17) is 9.76 Å². The van der Waals surface area contributed by atoms with Crippen molar-refractivity contribution in [2.45, 2.75) is 0 Å². The van der Waals surface area contributed by atoms with Crippen LogP contribution in [0, 0.1) is 0 Å². The monoisotopic (exact) mass is 185 g/mol. The molecule has 3 heteroatoms. The van der Waals surface area contributed by atoms with Crippen LogP contribution in [-0.4, -0.2) is 19.6 Å². The molecule has 2 aromatic rings. The van der Waals surface area contributed by atoms with Crippen LogP contribution in [0.25, 0.3) is 10.8 Å². The third-order valence-corrected chi connectivity index (χ3v) is 2.24. The highest BCUT2D eigenvalue weighted by atomic mass is 16.5. The fourth-order valence-corrected chi connectivity index (χ4v) is 1.54. The third-order valence-electron chi connectivity index (χ3n) is 2.24. The summed E-state index contributed by atoms with van der Waals surface area (Å²) in [5.74, 6) is 0.754. The summed E-state index contributed by atoms with van der Waals surface area (Å²) >= 11 is 0. The topological polar surface area (TPSA) is 29.5 Å². The first-order chi connectivity index (χ1) is 6.85. The first-order valence-electron chi connectivity index (χ1n) is 4.39. The van der Waals surface area contributed by atoms with Crippen LogP contribution in [0.5, 0.6) is 5.75 Å². The Bertz CT molecular complexity index is 454. The lowest BCUT2D eigenvalue weighted by atomic mass is 9.84. The van der Waals surface area contributed by atoms with E-state index in [1.807, 2.05) is 36.4 Å². The van der Waals surface area contributed by atoms with Crippen molar-refractivity contribution in [3.8, 4) is 5.75 Å². The maximum absolute atomic E-state index is 9.08. The molecule has 0 amide bonds. The van der Waals surface area contributed by atoms with Crippen LogP contribution in [0.2, 0.25) is 0 Å². The molecule has 0 aromatic heterocycles. The zero-order chi connectivity index (χ0) is 9.97. The van der Waals surface area contributed by atoms with Gasteiger partial charge in [0.2, 0.25) is 0 Å². The van der Waals surface area contributed by atoms with Crippen molar-refractivity contribution in [2.24, 2.45) is 0 Å². The zero-order valence-corrected chi connectivity index (χ0v) is 7.90. The Balaban J connectivity index is 2.73. The molecule has 0 saturated carbocycles. The number of benzene rings is 2. The molecule has 2 nitrogen and oxygen atoms in total. The van der Waals surface area contributed by atoms with E-state index in [0.717, 1.165) is 29.5 Å². The number of hydrogen-bond acceptors (Lipinski definition) is 2. The van der Waals surface area contributed by atoms with Crippen molar-refractivity contribution in [1.29, 1.82) is 0 Å². The molecule has 0 atom stereocenters. The molecule has 0 aliphatic rings. The van der Waals surface area contributed by atoms with Crippen molar-refractivity contribution in [1.82, 2.24) is 0 Å². The van der Waals surface area contributed by atoms with Crippen LogP contribution in [-0.2, 0) is 0 Å². The standard InChI is InChI=1S/C11H10BO2/c1-14-9-6-8-4-2-3-5-10(8)11(7-9)12-13/h2-7,13H,1H3. The smallest absolute Gasteiger partial charge is 0.327 e. The van der Waals surface area contributed by atoms with Gasteiger partial charge in [-0.2, -0.15) is 0 Å². The Hall–Kier alpha value is -1.48. The van der Waals surface area contributed by atoms with Crippen LogP contribution in [0.1, 0.15) is 0 Å². The molecule has 2 rings (SSSR count). The number of rotatable bonds is 2. The molecule has 0 unspecified atom stereocenters. The van der Waals surface area contributed by atoms with Gasteiger partial charge in [-0.05, 0) is 28.4 Å². The Morgan fingerprint density at radius 3 is 2.71 bits per heavy atom. The van der Waals surface area contributed by atoms with Gasteiger partial charge in [0, 0.05) is 0 Å². The molecule has 0 fully saturated rings. The summed E-state index contributed by atoms with van der Waals surface area (Å²) in [7, 11) is 2.72. The molecule has 69 valence electrons. The normalized spacial score (nSPS) is 10.1. The van der Waals surface area contributed by atoms with Gasteiger partial charge in [0.25, 0.3) is 0 Å². The van der Waals surface area contributed by atoms with Gasteiger partial charge in [-0.3, -0.25) is 0 Å². The second-order valence-electron chi connectivity index (χ2n) is 3.07. The number of ether oxygens (including phenoxy) is 1. The molecule has 1 radical (unpaired) electrons. The Morgan fingerprint density at radius 2 is 2.00 bits per heavy atom. The van der Waals surface area contributed by atoms with Crippen molar-refractivity contribution < 1.29 is 9.76 Å². The fraction of sp³-hybridized carbons (Fsp3) is 0.0909. The van der Waals surface area contributed by atoms with E-state index in [0.29, 0.717) is 0 Å². The van der Waals surface area contributed by atoms with Crippen molar-refractivity contribution >= 4 is 23.7 Å². The first-order valence-corrected chi connectivity index (χ1v) is 4.39. The molecule has 1 N–H and O–H groups in total. The van der Waals surface area contributed by atoms with Crippen LogP contribution in [0.4, 0.5) is 0 Å². The lowest BCUT2D eigenvalue weighted by Crippen LogP contribution is -2.14. The van der Waals surface area contributed by atoms with Crippen LogP contribution in [0.3, 0.4) is 0 Å². The summed E-state index contributed by atoms with van der Waals surface area (Å²) in [5, 5.41) is 11.2. The Morgan fingerprint density at radius 1 is 1.21 bits per heavy atom. The van der Waals surface area contributed by atoms with Gasteiger partial charge in [0.15, 0.2) is 0 Å². The van der Waals surface area contributed by atoms with Crippen LogP contribution in [0.15, 0.2) is 36.4 Å². The van der Waals surface area contributed by atoms with Gasteiger partial charge in [-0.25, -0.2) is 0 Å². The number of methoxy groups -OCH3 is 1. The largest absolute Gasteiger partial charge is 0.497 e. The SMILES string of the molecule is COc1cc([B]O)c2ccccc2c1. The average molecular weight is 185 g/mol. The van der Waals surface area contributed by atoms with E-state index in [-0.39, 0.29) is 0 Å². The van der Waals surface area contributed by atoms with Crippen molar-refractivity contribution in [3.05, 3.63) is 36.4 Å².